The molecular formula is C22H24N4O5S. The summed E-state index contributed by atoms with van der Waals surface area (Å²) in [5.74, 6) is 0.601. The topological polar surface area (TPSA) is 114 Å². The Morgan fingerprint density at radius 2 is 1.84 bits per heavy atom. The predicted molar refractivity (Wildman–Crippen MR) is 125 cm³/mol. The van der Waals surface area contributed by atoms with Gasteiger partial charge in [-0.15, -0.1) is 0 Å². The van der Waals surface area contributed by atoms with E-state index < -0.39 is 14.9 Å². The van der Waals surface area contributed by atoms with Crippen LogP contribution in [0.3, 0.4) is 0 Å². The van der Waals surface area contributed by atoms with Crippen molar-refractivity contribution in [1.82, 2.24) is 4.31 Å². The molecule has 168 valence electrons. The molecule has 10 heteroatoms. The van der Waals surface area contributed by atoms with Gasteiger partial charge in [-0.05, 0) is 29.0 Å². The lowest BCUT2D eigenvalue weighted by molar-refractivity contribution is -0.384. The number of hydrogen-bond donors (Lipinski definition) is 1. The fraction of sp³-hybridized carbons (Fsp3) is 0.227. The van der Waals surface area contributed by atoms with E-state index in [-0.39, 0.29) is 29.4 Å². The molecule has 0 bridgehead atoms. The van der Waals surface area contributed by atoms with Gasteiger partial charge in [0.1, 0.15) is 11.4 Å². The van der Waals surface area contributed by atoms with Gasteiger partial charge in [0.15, 0.2) is 0 Å². The molecule has 1 N–H and O–H groups in total. The molecule has 0 saturated carbocycles. The van der Waals surface area contributed by atoms with Crippen LogP contribution in [0.15, 0.2) is 64.6 Å². The fourth-order valence-corrected chi connectivity index (χ4v) is 4.86. The van der Waals surface area contributed by atoms with Gasteiger partial charge in [-0.3, -0.25) is 15.5 Å². The first-order valence-corrected chi connectivity index (χ1v) is 11.4. The second kappa shape index (κ2) is 9.75. The number of ether oxygens (including phenoxy) is 1. The molecule has 0 radical (unpaired) electrons. The molecule has 0 unspecified atom stereocenters. The van der Waals surface area contributed by atoms with Crippen LogP contribution in [0.5, 0.6) is 5.75 Å². The van der Waals surface area contributed by atoms with Crippen LogP contribution in [0.1, 0.15) is 19.4 Å². The van der Waals surface area contributed by atoms with Gasteiger partial charge in [0, 0.05) is 24.7 Å². The van der Waals surface area contributed by atoms with E-state index in [1.807, 2.05) is 36.4 Å². The van der Waals surface area contributed by atoms with Crippen LogP contribution in [0.25, 0.3) is 10.8 Å². The van der Waals surface area contributed by atoms with E-state index in [1.54, 1.807) is 21.0 Å². The van der Waals surface area contributed by atoms with Crippen molar-refractivity contribution in [1.29, 1.82) is 0 Å². The van der Waals surface area contributed by atoms with E-state index in [0.717, 1.165) is 16.8 Å². The Kier molecular flexibility index (Phi) is 7.06. The molecule has 9 nitrogen and oxygen atoms in total. The van der Waals surface area contributed by atoms with E-state index in [4.69, 9.17) is 4.74 Å². The first-order valence-electron chi connectivity index (χ1n) is 9.96. The monoisotopic (exact) mass is 456 g/mol. The molecule has 3 aromatic rings. The number of fused-ring (bicyclic) bond motifs is 1. The third-order valence-electron chi connectivity index (χ3n) is 5.04. The number of benzene rings is 3. The van der Waals surface area contributed by atoms with Crippen molar-refractivity contribution in [2.45, 2.75) is 18.7 Å². The lowest BCUT2D eigenvalue weighted by atomic mass is 10.0. The number of sulfonamides is 1. The molecular weight excluding hydrogens is 432 g/mol. The number of hydrazone groups is 1. The maximum absolute atomic E-state index is 12.7. The lowest BCUT2D eigenvalue weighted by Crippen LogP contribution is -2.30. The van der Waals surface area contributed by atoms with Crippen molar-refractivity contribution in [2.24, 2.45) is 5.10 Å². The van der Waals surface area contributed by atoms with E-state index in [1.165, 1.54) is 22.7 Å². The number of nitrogens with one attached hydrogen (secondary N) is 1. The number of methoxy groups -OCH3 is 1. The third kappa shape index (κ3) is 4.56. The maximum atomic E-state index is 12.7. The van der Waals surface area contributed by atoms with Crippen molar-refractivity contribution in [3.05, 3.63) is 70.3 Å². The fourth-order valence-electron chi connectivity index (χ4n) is 3.38. The number of anilines is 1. The Balaban J connectivity index is 1.96. The molecule has 0 aliphatic rings. The zero-order valence-electron chi connectivity index (χ0n) is 18.0. The Morgan fingerprint density at radius 3 is 2.50 bits per heavy atom. The van der Waals surface area contributed by atoms with Crippen molar-refractivity contribution in [3.8, 4) is 5.75 Å². The molecule has 0 heterocycles. The van der Waals surface area contributed by atoms with Crippen molar-refractivity contribution < 1.29 is 18.1 Å². The van der Waals surface area contributed by atoms with Gasteiger partial charge in [0.25, 0.3) is 5.69 Å². The van der Waals surface area contributed by atoms with Crippen LogP contribution in [-0.4, -0.2) is 44.1 Å². The molecule has 0 saturated heterocycles. The van der Waals surface area contributed by atoms with Crippen molar-refractivity contribution >= 4 is 38.4 Å². The molecule has 0 atom stereocenters. The largest absolute Gasteiger partial charge is 0.496 e. The summed E-state index contributed by atoms with van der Waals surface area (Å²) in [6.07, 6.45) is 1.52. The van der Waals surface area contributed by atoms with Gasteiger partial charge in [-0.1, -0.05) is 44.2 Å². The summed E-state index contributed by atoms with van der Waals surface area (Å²) >= 11 is 0. The van der Waals surface area contributed by atoms with Gasteiger partial charge in [-0.2, -0.15) is 9.41 Å². The number of hydrogen-bond acceptors (Lipinski definition) is 7. The van der Waals surface area contributed by atoms with E-state index in [9.17, 15) is 18.5 Å². The van der Waals surface area contributed by atoms with Crippen LogP contribution in [0.2, 0.25) is 0 Å². The Hall–Kier alpha value is -3.50. The zero-order valence-corrected chi connectivity index (χ0v) is 18.8. The first-order chi connectivity index (χ1) is 15.3. The maximum Gasteiger partial charge on any atom is 0.295 e. The molecule has 0 spiro atoms. The average Bonchev–Trinajstić information content (AvgIpc) is 2.79. The lowest BCUT2D eigenvalue weighted by Gasteiger charge is -2.18. The Morgan fingerprint density at radius 1 is 1.12 bits per heavy atom. The van der Waals surface area contributed by atoms with Crippen LogP contribution >= 0.6 is 0 Å². The van der Waals surface area contributed by atoms with Crippen LogP contribution in [0.4, 0.5) is 11.4 Å². The summed E-state index contributed by atoms with van der Waals surface area (Å²) in [6.45, 7) is 3.96. The molecule has 0 aliphatic carbocycles. The normalized spacial score (nSPS) is 11.9. The smallest absolute Gasteiger partial charge is 0.295 e. The minimum absolute atomic E-state index is 0.0731. The summed E-state index contributed by atoms with van der Waals surface area (Å²) in [4.78, 5) is 10.8. The molecule has 0 amide bonds. The quantitative estimate of drug-likeness (QED) is 0.293. The SMILES string of the molecule is CCN(CC)S(=O)(=O)c1ccc(N/N=C/c2c(OC)ccc3ccccc23)c([N+](=O)[O-])c1. The van der Waals surface area contributed by atoms with Gasteiger partial charge in [0.05, 0.1) is 23.1 Å². The summed E-state index contributed by atoms with van der Waals surface area (Å²) in [6, 6.07) is 15.2. The minimum atomic E-state index is -3.82. The standard InChI is InChI=1S/C22H24N4O5S/c1-4-25(5-2)32(29,30)17-11-12-20(21(14-17)26(27)28)24-23-15-19-18-9-7-6-8-16(18)10-13-22(19)31-3/h6-15,24H,4-5H2,1-3H3/b23-15+. The highest BCUT2D eigenvalue weighted by molar-refractivity contribution is 7.89. The van der Waals surface area contributed by atoms with E-state index >= 15 is 0 Å². The second-order valence-corrected chi connectivity index (χ2v) is 8.74. The Labute approximate surface area is 186 Å². The second-order valence-electron chi connectivity index (χ2n) is 6.80. The van der Waals surface area contributed by atoms with Crippen LogP contribution in [-0.2, 0) is 10.0 Å². The van der Waals surface area contributed by atoms with Gasteiger partial charge < -0.3 is 4.74 Å². The van der Waals surface area contributed by atoms with Crippen LogP contribution in [0, 0.1) is 10.1 Å². The molecule has 0 aromatic heterocycles. The zero-order chi connectivity index (χ0) is 23.3. The highest BCUT2D eigenvalue weighted by Gasteiger charge is 2.25. The number of nitro benzene ring substituents is 1. The van der Waals surface area contributed by atoms with Gasteiger partial charge in [0.2, 0.25) is 10.0 Å². The molecule has 0 fully saturated rings. The third-order valence-corrected chi connectivity index (χ3v) is 7.08. The summed E-state index contributed by atoms with van der Waals surface area (Å²) in [5.41, 5.74) is 3.05. The molecule has 0 aliphatic heterocycles. The number of rotatable bonds is 9. The first kappa shape index (κ1) is 23.2. The average molecular weight is 457 g/mol. The highest BCUT2D eigenvalue weighted by Crippen LogP contribution is 2.30. The van der Waals surface area contributed by atoms with Crippen molar-refractivity contribution in [2.75, 3.05) is 25.6 Å². The van der Waals surface area contributed by atoms with Crippen molar-refractivity contribution in [3.63, 3.8) is 0 Å². The number of nitrogens with zero attached hydrogens (tertiary/aromatic N) is 3. The van der Waals surface area contributed by atoms with Gasteiger partial charge >= 0.3 is 0 Å². The molecule has 32 heavy (non-hydrogen) atoms. The molecule has 3 aromatic carbocycles. The van der Waals surface area contributed by atoms with E-state index in [2.05, 4.69) is 10.5 Å². The Bertz CT molecular complexity index is 1270. The van der Waals surface area contributed by atoms with E-state index in [0.29, 0.717) is 11.3 Å². The minimum Gasteiger partial charge on any atom is -0.496 e. The van der Waals surface area contributed by atoms with Gasteiger partial charge in [-0.25, -0.2) is 8.42 Å². The summed E-state index contributed by atoms with van der Waals surface area (Å²) in [5, 5.41) is 17.7. The summed E-state index contributed by atoms with van der Waals surface area (Å²) in [7, 11) is -2.27. The number of nitro groups is 1. The predicted octanol–water partition coefficient (Wildman–Crippen LogP) is 4.23. The highest BCUT2D eigenvalue weighted by atomic mass is 32.2. The van der Waals surface area contributed by atoms with Crippen LogP contribution < -0.4 is 10.2 Å². The summed E-state index contributed by atoms with van der Waals surface area (Å²) < 4.78 is 32.1. The molecule has 3 rings (SSSR count).